The zero-order valence-corrected chi connectivity index (χ0v) is 30.1. The molecule has 8 aromatic carbocycles. The second-order valence-electron chi connectivity index (χ2n) is 15.0. The highest BCUT2D eigenvalue weighted by atomic mass is 16.3. The van der Waals surface area contributed by atoms with E-state index in [0.29, 0.717) is 0 Å². The zero-order chi connectivity index (χ0) is 36.0. The SMILES string of the molecule is CC1(C)c2ccccc2N(c2ccc(-c3cccc4c3oc3ccccc34)cc2)c2ccc(-c3ccc4c(c3)c3ccccc3n4-c3ccccc3)cc21. The van der Waals surface area contributed by atoms with E-state index in [-0.39, 0.29) is 5.41 Å². The second kappa shape index (κ2) is 11.6. The Morgan fingerprint density at radius 2 is 1.07 bits per heavy atom. The minimum Gasteiger partial charge on any atom is -0.455 e. The Kier molecular flexibility index (Phi) is 6.60. The molecule has 2 aromatic heterocycles. The molecule has 0 aliphatic carbocycles. The Morgan fingerprint density at radius 3 is 1.94 bits per heavy atom. The monoisotopic (exact) mass is 692 g/mol. The topological polar surface area (TPSA) is 21.3 Å². The Bertz CT molecular complexity index is 3070. The van der Waals surface area contributed by atoms with Crippen molar-refractivity contribution < 1.29 is 4.42 Å². The van der Waals surface area contributed by atoms with Gasteiger partial charge in [-0.15, -0.1) is 0 Å². The van der Waals surface area contributed by atoms with E-state index < -0.39 is 0 Å². The van der Waals surface area contributed by atoms with Gasteiger partial charge >= 0.3 is 0 Å². The second-order valence-corrected chi connectivity index (χ2v) is 15.0. The van der Waals surface area contributed by atoms with E-state index in [4.69, 9.17) is 4.42 Å². The fourth-order valence-corrected chi connectivity index (χ4v) is 8.93. The number of anilines is 3. The molecule has 54 heavy (non-hydrogen) atoms. The van der Waals surface area contributed by atoms with Crippen molar-refractivity contribution in [3.63, 3.8) is 0 Å². The molecule has 0 radical (unpaired) electrons. The maximum atomic E-state index is 6.40. The molecule has 11 rings (SSSR count). The lowest BCUT2D eigenvalue weighted by Crippen LogP contribution is -2.30. The molecule has 0 saturated carbocycles. The van der Waals surface area contributed by atoms with Crippen molar-refractivity contribution in [2.24, 2.45) is 0 Å². The van der Waals surface area contributed by atoms with Crippen LogP contribution in [0, 0.1) is 0 Å². The van der Waals surface area contributed by atoms with Crippen LogP contribution >= 0.6 is 0 Å². The molecule has 3 nitrogen and oxygen atoms in total. The van der Waals surface area contributed by atoms with Gasteiger partial charge in [0, 0.05) is 43.9 Å². The predicted octanol–water partition coefficient (Wildman–Crippen LogP) is 14.1. The molecule has 1 aliphatic rings. The summed E-state index contributed by atoms with van der Waals surface area (Å²) < 4.78 is 8.78. The summed E-state index contributed by atoms with van der Waals surface area (Å²) >= 11 is 0. The van der Waals surface area contributed by atoms with Gasteiger partial charge in [-0.3, -0.25) is 0 Å². The fraction of sp³-hybridized carbons (Fsp3) is 0.0588. The number of rotatable bonds is 4. The van der Waals surface area contributed by atoms with Gasteiger partial charge in [0.05, 0.1) is 22.4 Å². The van der Waals surface area contributed by atoms with Crippen LogP contribution in [0.2, 0.25) is 0 Å². The summed E-state index contributed by atoms with van der Waals surface area (Å²) in [5.41, 5.74) is 16.1. The number of para-hydroxylation sites is 5. The van der Waals surface area contributed by atoms with Gasteiger partial charge in [-0.1, -0.05) is 129 Å². The quantitative estimate of drug-likeness (QED) is 0.183. The van der Waals surface area contributed by atoms with Gasteiger partial charge < -0.3 is 13.9 Å². The number of benzene rings is 8. The molecule has 0 bridgehead atoms. The van der Waals surface area contributed by atoms with Gasteiger partial charge in [0.1, 0.15) is 11.2 Å². The van der Waals surface area contributed by atoms with Crippen LogP contribution in [-0.2, 0) is 5.41 Å². The summed E-state index contributed by atoms with van der Waals surface area (Å²) in [6, 6.07) is 65.9. The number of furan rings is 1. The van der Waals surface area contributed by atoms with Crippen LogP contribution in [0.15, 0.2) is 186 Å². The summed E-state index contributed by atoms with van der Waals surface area (Å²) in [5.74, 6) is 0. The molecular formula is C51H36N2O. The lowest BCUT2D eigenvalue weighted by Gasteiger charge is -2.42. The largest absolute Gasteiger partial charge is 0.455 e. The minimum atomic E-state index is -0.206. The van der Waals surface area contributed by atoms with Gasteiger partial charge in [-0.2, -0.15) is 0 Å². The summed E-state index contributed by atoms with van der Waals surface area (Å²) in [6.45, 7) is 4.72. The number of aromatic nitrogens is 1. The first-order valence-electron chi connectivity index (χ1n) is 18.7. The number of hydrogen-bond acceptors (Lipinski definition) is 2. The van der Waals surface area contributed by atoms with Crippen molar-refractivity contribution in [2.45, 2.75) is 19.3 Å². The van der Waals surface area contributed by atoms with Crippen molar-refractivity contribution in [3.8, 4) is 27.9 Å². The van der Waals surface area contributed by atoms with Gasteiger partial charge in [-0.25, -0.2) is 0 Å². The number of nitrogens with zero attached hydrogens (tertiary/aromatic N) is 2. The maximum absolute atomic E-state index is 6.40. The van der Waals surface area contributed by atoms with Crippen molar-refractivity contribution in [1.29, 1.82) is 0 Å². The van der Waals surface area contributed by atoms with E-state index in [0.717, 1.165) is 38.8 Å². The third-order valence-electron chi connectivity index (χ3n) is 11.6. The van der Waals surface area contributed by atoms with E-state index in [1.54, 1.807) is 0 Å². The van der Waals surface area contributed by atoms with Gasteiger partial charge in [-0.05, 0) is 94.5 Å². The van der Waals surface area contributed by atoms with Gasteiger partial charge in [0.2, 0.25) is 0 Å². The molecule has 0 amide bonds. The summed E-state index contributed by atoms with van der Waals surface area (Å²) in [4.78, 5) is 2.43. The van der Waals surface area contributed by atoms with E-state index in [1.807, 2.05) is 12.1 Å². The lowest BCUT2D eigenvalue weighted by atomic mass is 9.73. The molecule has 0 N–H and O–H groups in total. The third kappa shape index (κ3) is 4.48. The fourth-order valence-electron chi connectivity index (χ4n) is 8.93. The van der Waals surface area contributed by atoms with Crippen molar-refractivity contribution in [1.82, 2.24) is 4.57 Å². The minimum absolute atomic E-state index is 0.206. The van der Waals surface area contributed by atoms with Crippen LogP contribution in [0.3, 0.4) is 0 Å². The molecule has 0 unspecified atom stereocenters. The van der Waals surface area contributed by atoms with Crippen molar-refractivity contribution in [3.05, 3.63) is 193 Å². The lowest BCUT2D eigenvalue weighted by molar-refractivity contribution is 0.632. The Hall–Kier alpha value is -6.84. The van der Waals surface area contributed by atoms with Crippen LogP contribution in [-0.4, -0.2) is 4.57 Å². The zero-order valence-electron chi connectivity index (χ0n) is 30.1. The molecule has 3 heteroatoms. The van der Waals surface area contributed by atoms with Crippen LogP contribution in [0.25, 0.3) is 71.7 Å². The highest BCUT2D eigenvalue weighted by Crippen LogP contribution is 2.53. The molecule has 0 atom stereocenters. The average Bonchev–Trinajstić information content (AvgIpc) is 3.77. The van der Waals surface area contributed by atoms with E-state index in [9.17, 15) is 0 Å². The van der Waals surface area contributed by atoms with E-state index in [1.165, 1.54) is 61.1 Å². The highest BCUT2D eigenvalue weighted by Gasteiger charge is 2.37. The van der Waals surface area contributed by atoms with Gasteiger partial charge in [0.25, 0.3) is 0 Å². The molecule has 256 valence electrons. The maximum Gasteiger partial charge on any atom is 0.143 e. The van der Waals surface area contributed by atoms with Crippen LogP contribution in [0.1, 0.15) is 25.0 Å². The van der Waals surface area contributed by atoms with Crippen molar-refractivity contribution >= 4 is 60.8 Å². The van der Waals surface area contributed by atoms with Crippen molar-refractivity contribution in [2.75, 3.05) is 4.90 Å². The first-order valence-corrected chi connectivity index (χ1v) is 18.7. The molecule has 0 fully saturated rings. The standard InChI is InChI=1S/C51H36N2O/c1-51(2)43-19-8-10-21-47(43)53(37-27-23-33(24-28-37)38-17-12-18-41-40-16-7-11-22-49(40)54-50(38)41)48-30-26-35(32-44(48)51)34-25-29-46-42(31-34)39-15-6-9-20-45(39)52(46)36-13-4-3-5-14-36/h3-32H,1-2H3. The molecule has 0 saturated heterocycles. The Balaban J connectivity index is 1.03. The normalized spacial score (nSPS) is 13.5. The highest BCUT2D eigenvalue weighted by molar-refractivity contribution is 6.11. The molecule has 1 aliphatic heterocycles. The first-order chi connectivity index (χ1) is 26.5. The summed E-state index contributed by atoms with van der Waals surface area (Å²) in [7, 11) is 0. The van der Waals surface area contributed by atoms with Gasteiger partial charge in [0.15, 0.2) is 0 Å². The Labute approximate surface area is 314 Å². The van der Waals surface area contributed by atoms with E-state index >= 15 is 0 Å². The summed E-state index contributed by atoms with van der Waals surface area (Å²) in [6.07, 6.45) is 0. The first kappa shape index (κ1) is 30.8. The molecule has 0 spiro atoms. The molecule has 3 heterocycles. The van der Waals surface area contributed by atoms with Crippen LogP contribution in [0.5, 0.6) is 0 Å². The predicted molar refractivity (Wildman–Crippen MR) is 226 cm³/mol. The smallest absolute Gasteiger partial charge is 0.143 e. The Morgan fingerprint density at radius 1 is 0.426 bits per heavy atom. The summed E-state index contributed by atoms with van der Waals surface area (Å²) in [5, 5.41) is 4.81. The van der Waals surface area contributed by atoms with E-state index in [2.05, 4.69) is 193 Å². The molecule has 10 aromatic rings. The number of fused-ring (bicyclic) bond motifs is 8. The third-order valence-corrected chi connectivity index (χ3v) is 11.6. The number of hydrogen-bond donors (Lipinski definition) is 0. The van der Waals surface area contributed by atoms with Crippen LogP contribution in [0.4, 0.5) is 17.1 Å². The molecular weight excluding hydrogens is 657 g/mol. The van der Waals surface area contributed by atoms with Crippen LogP contribution < -0.4 is 4.90 Å². The average molecular weight is 693 g/mol.